The van der Waals surface area contributed by atoms with Gasteiger partial charge in [0.05, 0.1) is 0 Å². The second-order valence-corrected chi connectivity index (χ2v) is 4.26. The minimum Gasteiger partial charge on any atom is -0.327 e. The van der Waals surface area contributed by atoms with E-state index in [-0.39, 0.29) is 11.9 Å². The minimum atomic E-state index is -0.400. The molecule has 0 amide bonds. The van der Waals surface area contributed by atoms with Gasteiger partial charge in [-0.15, -0.1) is 0 Å². The monoisotopic (exact) mass is 217 g/mol. The molecule has 1 unspecified atom stereocenters. The fraction of sp³-hybridized carbons (Fsp3) is 0.400. The van der Waals surface area contributed by atoms with E-state index in [4.69, 9.17) is 5.73 Å². The summed E-state index contributed by atoms with van der Waals surface area (Å²) in [5.74, 6) is 0.451. The van der Waals surface area contributed by atoms with Crippen molar-refractivity contribution in [3.8, 4) is 0 Å². The summed E-state index contributed by atoms with van der Waals surface area (Å²) in [6, 6.07) is 3.58. The third-order valence-electron chi connectivity index (χ3n) is 1.65. The molecule has 1 aromatic rings. The molecule has 78 valence electrons. The Morgan fingerprint density at radius 3 is 2.79 bits per heavy atom. The number of benzene rings is 1. The van der Waals surface area contributed by atoms with Crippen LogP contribution < -0.4 is 5.73 Å². The van der Waals surface area contributed by atoms with Gasteiger partial charge in [0.1, 0.15) is 11.6 Å². The Morgan fingerprint density at radius 1 is 1.43 bits per heavy atom. The van der Waals surface area contributed by atoms with Crippen LogP contribution in [-0.4, -0.2) is 11.8 Å². The average molecular weight is 217 g/mol. The number of thioether (sulfide) groups is 1. The summed E-state index contributed by atoms with van der Waals surface area (Å²) < 4.78 is 25.8. The van der Waals surface area contributed by atoms with Crippen molar-refractivity contribution in [1.29, 1.82) is 0 Å². The van der Waals surface area contributed by atoms with Crippen LogP contribution in [0.5, 0.6) is 0 Å². The van der Waals surface area contributed by atoms with E-state index in [1.54, 1.807) is 0 Å². The molecule has 0 heterocycles. The molecule has 2 N–H and O–H groups in total. The van der Waals surface area contributed by atoms with Crippen molar-refractivity contribution in [3.63, 3.8) is 0 Å². The molecule has 0 spiro atoms. The summed E-state index contributed by atoms with van der Waals surface area (Å²) >= 11 is 1.51. The van der Waals surface area contributed by atoms with Crippen LogP contribution >= 0.6 is 11.8 Å². The number of halogens is 2. The SMILES string of the molecule is CC(N)CSCc1cc(F)ccc1F. The van der Waals surface area contributed by atoms with Gasteiger partial charge >= 0.3 is 0 Å². The highest BCUT2D eigenvalue weighted by molar-refractivity contribution is 7.98. The molecule has 0 bridgehead atoms. The first-order valence-corrected chi connectivity index (χ1v) is 5.52. The summed E-state index contributed by atoms with van der Waals surface area (Å²) in [6.45, 7) is 1.88. The van der Waals surface area contributed by atoms with Crippen molar-refractivity contribution in [1.82, 2.24) is 0 Å². The van der Waals surface area contributed by atoms with Crippen molar-refractivity contribution in [3.05, 3.63) is 35.4 Å². The predicted molar refractivity (Wildman–Crippen MR) is 56.2 cm³/mol. The van der Waals surface area contributed by atoms with Gasteiger partial charge in [-0.2, -0.15) is 11.8 Å². The molecule has 1 rings (SSSR count). The van der Waals surface area contributed by atoms with Crippen LogP contribution in [0.1, 0.15) is 12.5 Å². The lowest BCUT2D eigenvalue weighted by molar-refractivity contribution is 0.591. The van der Waals surface area contributed by atoms with Crippen molar-refractivity contribution in [2.24, 2.45) is 5.73 Å². The highest BCUT2D eigenvalue weighted by Crippen LogP contribution is 2.17. The Labute approximate surface area is 86.7 Å². The molecular formula is C10H13F2NS. The highest BCUT2D eigenvalue weighted by Gasteiger charge is 2.04. The highest BCUT2D eigenvalue weighted by atomic mass is 32.2. The minimum absolute atomic E-state index is 0.0802. The van der Waals surface area contributed by atoms with Gasteiger partial charge in [-0.3, -0.25) is 0 Å². The standard InChI is InChI=1S/C10H13F2NS/c1-7(13)5-14-6-8-4-9(11)2-3-10(8)12/h2-4,7H,5-6,13H2,1H3. The lowest BCUT2D eigenvalue weighted by atomic mass is 10.2. The van der Waals surface area contributed by atoms with Crippen LogP contribution in [0.25, 0.3) is 0 Å². The normalized spacial score (nSPS) is 12.9. The lowest BCUT2D eigenvalue weighted by Gasteiger charge is -2.05. The molecule has 0 aromatic heterocycles. The van der Waals surface area contributed by atoms with E-state index in [1.165, 1.54) is 17.8 Å². The maximum absolute atomic E-state index is 13.1. The van der Waals surface area contributed by atoms with Crippen LogP contribution in [0.2, 0.25) is 0 Å². The van der Waals surface area contributed by atoms with Gasteiger partial charge in [0.2, 0.25) is 0 Å². The van der Waals surface area contributed by atoms with E-state index >= 15 is 0 Å². The van der Waals surface area contributed by atoms with Crippen molar-refractivity contribution < 1.29 is 8.78 Å². The van der Waals surface area contributed by atoms with Crippen LogP contribution in [0.15, 0.2) is 18.2 Å². The maximum Gasteiger partial charge on any atom is 0.127 e. The molecular weight excluding hydrogens is 204 g/mol. The molecule has 0 radical (unpaired) electrons. The topological polar surface area (TPSA) is 26.0 Å². The average Bonchev–Trinajstić information content (AvgIpc) is 2.10. The number of rotatable bonds is 4. The van der Waals surface area contributed by atoms with Gasteiger partial charge in [0.25, 0.3) is 0 Å². The largest absolute Gasteiger partial charge is 0.327 e. The van der Waals surface area contributed by atoms with Gasteiger partial charge in [0.15, 0.2) is 0 Å². The Morgan fingerprint density at radius 2 is 2.14 bits per heavy atom. The van der Waals surface area contributed by atoms with Gasteiger partial charge in [-0.05, 0) is 25.1 Å². The Kier molecular flexibility index (Phi) is 4.35. The molecule has 1 nitrogen and oxygen atoms in total. The van der Waals surface area contributed by atoms with Crippen LogP contribution in [0.4, 0.5) is 8.78 Å². The van der Waals surface area contributed by atoms with E-state index in [1.807, 2.05) is 6.92 Å². The van der Waals surface area contributed by atoms with E-state index in [9.17, 15) is 8.78 Å². The van der Waals surface area contributed by atoms with E-state index in [0.29, 0.717) is 11.3 Å². The molecule has 14 heavy (non-hydrogen) atoms. The molecule has 0 aliphatic rings. The summed E-state index contributed by atoms with van der Waals surface area (Å²) in [5, 5.41) is 0. The van der Waals surface area contributed by atoms with Gasteiger partial charge in [-0.25, -0.2) is 8.78 Å². The second-order valence-electron chi connectivity index (χ2n) is 3.23. The molecule has 1 atom stereocenters. The fourth-order valence-corrected chi connectivity index (χ4v) is 1.94. The van der Waals surface area contributed by atoms with Crippen LogP contribution in [0.3, 0.4) is 0 Å². The first-order valence-electron chi connectivity index (χ1n) is 4.37. The molecule has 0 saturated heterocycles. The fourth-order valence-electron chi connectivity index (χ4n) is 1.01. The molecule has 0 aliphatic carbocycles. The number of hydrogen-bond acceptors (Lipinski definition) is 2. The van der Waals surface area contributed by atoms with Crippen molar-refractivity contribution >= 4 is 11.8 Å². The lowest BCUT2D eigenvalue weighted by Crippen LogP contribution is -2.17. The molecule has 0 aliphatic heterocycles. The van der Waals surface area contributed by atoms with Gasteiger partial charge in [-0.1, -0.05) is 0 Å². The second kappa shape index (κ2) is 5.32. The Hall–Kier alpha value is -0.610. The molecule has 1 aromatic carbocycles. The van der Waals surface area contributed by atoms with Crippen LogP contribution in [0, 0.1) is 11.6 Å². The van der Waals surface area contributed by atoms with Gasteiger partial charge in [0, 0.05) is 23.1 Å². The zero-order valence-corrected chi connectivity index (χ0v) is 8.78. The smallest absolute Gasteiger partial charge is 0.127 e. The van der Waals surface area contributed by atoms with Crippen LogP contribution in [-0.2, 0) is 5.75 Å². The van der Waals surface area contributed by atoms with E-state index < -0.39 is 5.82 Å². The Bertz CT molecular complexity index is 302. The first kappa shape index (κ1) is 11.5. The predicted octanol–water partition coefficient (Wildman–Crippen LogP) is 2.55. The first-order chi connectivity index (χ1) is 6.59. The summed E-state index contributed by atoms with van der Waals surface area (Å²) in [5.41, 5.74) is 5.93. The third-order valence-corrected chi connectivity index (χ3v) is 2.92. The molecule has 0 saturated carbocycles. The maximum atomic E-state index is 13.1. The molecule has 0 fully saturated rings. The quantitative estimate of drug-likeness (QED) is 0.838. The van der Waals surface area contributed by atoms with Crippen molar-refractivity contribution in [2.75, 3.05) is 5.75 Å². The summed E-state index contributed by atoms with van der Waals surface area (Å²) in [4.78, 5) is 0. The molecule has 4 heteroatoms. The van der Waals surface area contributed by atoms with Crippen molar-refractivity contribution in [2.45, 2.75) is 18.7 Å². The summed E-state index contributed by atoms with van der Waals surface area (Å²) in [6.07, 6.45) is 0. The zero-order valence-electron chi connectivity index (χ0n) is 7.97. The van der Waals surface area contributed by atoms with E-state index in [2.05, 4.69) is 0 Å². The Balaban J connectivity index is 2.53. The number of hydrogen-bond donors (Lipinski definition) is 1. The zero-order chi connectivity index (χ0) is 10.6. The summed E-state index contributed by atoms with van der Waals surface area (Å²) in [7, 11) is 0. The number of nitrogens with two attached hydrogens (primary N) is 1. The van der Waals surface area contributed by atoms with E-state index in [0.717, 1.165) is 17.9 Å². The third kappa shape index (κ3) is 3.64. The van der Waals surface area contributed by atoms with Gasteiger partial charge < -0.3 is 5.73 Å².